The lowest BCUT2D eigenvalue weighted by Crippen LogP contribution is -2.48. The lowest BCUT2D eigenvalue weighted by Gasteiger charge is -2.41. The van der Waals surface area contributed by atoms with Crippen molar-refractivity contribution in [1.29, 1.82) is 0 Å². The van der Waals surface area contributed by atoms with E-state index < -0.39 is 0 Å². The maximum Gasteiger partial charge on any atom is 0.255 e. The number of hydrogen-bond donors (Lipinski definition) is 0. The monoisotopic (exact) mass is 451 g/mol. The predicted molar refractivity (Wildman–Crippen MR) is 127 cm³/mol. The van der Waals surface area contributed by atoms with Crippen molar-refractivity contribution in [3.8, 4) is 28.7 Å². The van der Waals surface area contributed by atoms with Crippen molar-refractivity contribution in [1.82, 2.24) is 4.90 Å². The summed E-state index contributed by atoms with van der Waals surface area (Å²) in [5, 5.41) is 3.50. The molecule has 33 heavy (non-hydrogen) atoms. The van der Waals surface area contributed by atoms with E-state index in [-0.39, 0.29) is 11.9 Å². The minimum Gasteiger partial charge on any atom is -0.493 e. The molecule has 0 saturated carbocycles. The van der Waals surface area contributed by atoms with Gasteiger partial charge in [-0.3, -0.25) is 4.79 Å². The fourth-order valence-corrected chi connectivity index (χ4v) is 5.57. The van der Waals surface area contributed by atoms with E-state index >= 15 is 0 Å². The molecular formula is C26H29NO6. The molecule has 7 nitrogen and oxygen atoms in total. The number of carbonyl (C=O) groups is 1. The number of hydrogen-bond acceptors (Lipinski definition) is 6. The van der Waals surface area contributed by atoms with Crippen LogP contribution in [0.25, 0.3) is 21.5 Å². The van der Waals surface area contributed by atoms with E-state index in [1.165, 1.54) is 0 Å². The van der Waals surface area contributed by atoms with Crippen LogP contribution in [0.15, 0.2) is 18.2 Å². The Morgan fingerprint density at radius 1 is 0.758 bits per heavy atom. The Morgan fingerprint density at radius 3 is 2.03 bits per heavy atom. The van der Waals surface area contributed by atoms with Crippen LogP contribution >= 0.6 is 0 Å². The Bertz CT molecular complexity index is 1270. The minimum atomic E-state index is 0.0776. The molecule has 5 rings (SSSR count). The molecule has 1 saturated heterocycles. The summed E-state index contributed by atoms with van der Waals surface area (Å²) in [7, 11) is 8.04. The zero-order valence-electron chi connectivity index (χ0n) is 19.7. The van der Waals surface area contributed by atoms with E-state index in [4.69, 9.17) is 23.7 Å². The van der Waals surface area contributed by atoms with Gasteiger partial charge in [-0.05, 0) is 65.6 Å². The highest BCUT2D eigenvalue weighted by Gasteiger charge is 2.37. The van der Waals surface area contributed by atoms with Crippen molar-refractivity contribution in [2.75, 3.05) is 42.1 Å². The normalized spacial score (nSPS) is 17.5. The van der Waals surface area contributed by atoms with E-state index in [2.05, 4.69) is 0 Å². The minimum absolute atomic E-state index is 0.0776. The average molecular weight is 452 g/mol. The van der Waals surface area contributed by atoms with Crippen molar-refractivity contribution in [3.63, 3.8) is 0 Å². The van der Waals surface area contributed by atoms with Gasteiger partial charge < -0.3 is 28.6 Å². The highest BCUT2D eigenvalue weighted by atomic mass is 16.5. The standard InChI is InChI=1S/C26H29NO6/c1-29-19-11-16-18(12-20(19)30-2)23-15(10-14-8-6-7-9-27(14)26(23)28)17-13-21(31-3)24(32-4)25(33-5)22(16)17/h11-14H,6-10H2,1-5H3. The van der Waals surface area contributed by atoms with Gasteiger partial charge in [-0.25, -0.2) is 0 Å². The van der Waals surface area contributed by atoms with Crippen LogP contribution in [0.4, 0.5) is 0 Å². The number of fused-ring (bicyclic) bond motifs is 7. The van der Waals surface area contributed by atoms with Gasteiger partial charge in [-0.15, -0.1) is 0 Å². The molecule has 3 aromatic rings. The molecule has 0 N–H and O–H groups in total. The first-order chi connectivity index (χ1) is 16.1. The van der Waals surface area contributed by atoms with E-state index in [0.29, 0.717) is 28.7 Å². The first-order valence-electron chi connectivity index (χ1n) is 11.2. The van der Waals surface area contributed by atoms with E-state index in [1.54, 1.807) is 35.5 Å². The highest BCUT2D eigenvalue weighted by molar-refractivity contribution is 6.22. The van der Waals surface area contributed by atoms with Crippen LogP contribution in [0, 0.1) is 0 Å². The van der Waals surface area contributed by atoms with Gasteiger partial charge in [-0.2, -0.15) is 0 Å². The predicted octanol–water partition coefficient (Wildman–Crippen LogP) is 4.59. The lowest BCUT2D eigenvalue weighted by molar-refractivity contribution is 0.0586. The molecule has 1 atom stereocenters. The molecule has 174 valence electrons. The van der Waals surface area contributed by atoms with Crippen molar-refractivity contribution in [2.24, 2.45) is 0 Å². The Labute approximate surface area is 193 Å². The first-order valence-corrected chi connectivity index (χ1v) is 11.2. The summed E-state index contributed by atoms with van der Waals surface area (Å²) in [6.45, 7) is 0.797. The fraction of sp³-hybridized carbons (Fsp3) is 0.423. The quantitative estimate of drug-likeness (QED) is 0.529. The third-order valence-corrected chi connectivity index (χ3v) is 7.06. The molecule has 3 aromatic carbocycles. The Hall–Kier alpha value is -3.35. The Kier molecular flexibility index (Phi) is 5.35. The Morgan fingerprint density at radius 2 is 1.39 bits per heavy atom. The molecule has 7 heteroatoms. The number of ether oxygens (including phenoxy) is 5. The number of methoxy groups -OCH3 is 5. The number of amides is 1. The second-order valence-corrected chi connectivity index (χ2v) is 8.53. The summed E-state index contributed by atoms with van der Waals surface area (Å²) < 4.78 is 28.4. The van der Waals surface area contributed by atoms with Crippen molar-refractivity contribution in [3.05, 3.63) is 29.3 Å². The van der Waals surface area contributed by atoms with Crippen LogP contribution in [-0.2, 0) is 6.42 Å². The molecule has 2 aliphatic rings. The molecular weight excluding hydrogens is 422 g/mol. The van der Waals surface area contributed by atoms with E-state index in [1.807, 2.05) is 23.1 Å². The molecule has 0 aromatic heterocycles. The lowest BCUT2D eigenvalue weighted by atomic mass is 9.81. The first kappa shape index (κ1) is 21.5. The van der Waals surface area contributed by atoms with Gasteiger partial charge in [-0.1, -0.05) is 0 Å². The summed E-state index contributed by atoms with van der Waals surface area (Å²) in [6.07, 6.45) is 3.99. The number of rotatable bonds is 5. The Balaban J connectivity index is 1.99. The second kappa shape index (κ2) is 8.21. The molecule has 1 unspecified atom stereocenters. The molecule has 1 fully saturated rings. The zero-order valence-corrected chi connectivity index (χ0v) is 19.7. The summed E-state index contributed by atoms with van der Waals surface area (Å²) >= 11 is 0. The fourth-order valence-electron chi connectivity index (χ4n) is 5.57. The number of benzene rings is 3. The van der Waals surface area contributed by atoms with Crippen molar-refractivity contribution >= 4 is 27.5 Å². The molecule has 2 aliphatic heterocycles. The van der Waals surface area contributed by atoms with Crippen LogP contribution < -0.4 is 23.7 Å². The summed E-state index contributed by atoms with van der Waals surface area (Å²) in [4.78, 5) is 15.9. The summed E-state index contributed by atoms with van der Waals surface area (Å²) in [5.41, 5.74) is 1.75. The third kappa shape index (κ3) is 3.05. The van der Waals surface area contributed by atoms with Gasteiger partial charge in [0.15, 0.2) is 23.0 Å². The van der Waals surface area contributed by atoms with Gasteiger partial charge >= 0.3 is 0 Å². The topological polar surface area (TPSA) is 66.5 Å². The van der Waals surface area contributed by atoms with Crippen LogP contribution in [0.1, 0.15) is 35.2 Å². The van der Waals surface area contributed by atoms with Crippen molar-refractivity contribution < 1.29 is 28.5 Å². The van der Waals surface area contributed by atoms with Gasteiger partial charge in [0.25, 0.3) is 5.91 Å². The van der Waals surface area contributed by atoms with Crippen LogP contribution in [0.3, 0.4) is 0 Å². The van der Waals surface area contributed by atoms with E-state index in [0.717, 1.165) is 64.9 Å². The van der Waals surface area contributed by atoms with Gasteiger partial charge in [0, 0.05) is 18.0 Å². The van der Waals surface area contributed by atoms with Crippen molar-refractivity contribution in [2.45, 2.75) is 31.7 Å². The van der Waals surface area contributed by atoms with Gasteiger partial charge in [0.05, 0.1) is 41.1 Å². The van der Waals surface area contributed by atoms with Crippen LogP contribution in [0.5, 0.6) is 28.7 Å². The number of carbonyl (C=O) groups excluding carboxylic acids is 1. The third-order valence-electron chi connectivity index (χ3n) is 7.06. The molecule has 0 radical (unpaired) electrons. The molecule has 1 amide bonds. The van der Waals surface area contributed by atoms with Gasteiger partial charge in [0.1, 0.15) is 0 Å². The molecule has 0 aliphatic carbocycles. The molecule has 2 heterocycles. The largest absolute Gasteiger partial charge is 0.493 e. The highest BCUT2D eigenvalue weighted by Crippen LogP contribution is 2.51. The number of piperidine rings is 1. The maximum absolute atomic E-state index is 13.9. The molecule has 0 spiro atoms. The average Bonchev–Trinajstić information content (AvgIpc) is 2.86. The van der Waals surface area contributed by atoms with Gasteiger partial charge in [0.2, 0.25) is 5.75 Å². The smallest absolute Gasteiger partial charge is 0.255 e. The zero-order chi connectivity index (χ0) is 23.3. The van der Waals surface area contributed by atoms with Crippen LogP contribution in [0.2, 0.25) is 0 Å². The summed E-state index contributed by atoms with van der Waals surface area (Å²) in [6, 6.07) is 6.00. The van der Waals surface area contributed by atoms with Crippen LogP contribution in [-0.4, -0.2) is 58.9 Å². The number of nitrogens with zero attached hydrogens (tertiary/aromatic N) is 1. The van der Waals surface area contributed by atoms with E-state index in [9.17, 15) is 4.79 Å². The maximum atomic E-state index is 13.9. The molecule has 0 bridgehead atoms. The SMILES string of the molecule is COc1cc2c3c(c4cc(OC)c(OC)c(OC)c4c2cc1OC)CC1CCCCN1C3=O. The summed E-state index contributed by atoms with van der Waals surface area (Å²) in [5.74, 6) is 2.91. The second-order valence-electron chi connectivity index (χ2n) is 8.53.